The Kier molecular flexibility index (Phi) is 7.36. The van der Waals surface area contributed by atoms with Crippen molar-refractivity contribution in [2.45, 2.75) is 90.1 Å². The van der Waals surface area contributed by atoms with Gasteiger partial charge in [-0.1, -0.05) is 45.4 Å². The lowest BCUT2D eigenvalue weighted by molar-refractivity contribution is -0.148. The number of anilines is 1. The standard InChI is InChI=1S/C24H35ClN4O2/c1-2-3-4-5-6-7-8-14-29-15-13-18-21(27-24(25)28-22(18)29)26-20-17-11-9-16(10-12-17)19(20)23(30)31/h13,15-17,19-20H,2-12,14H2,1H3,(H,30,31)(H,26,27,28). The molecule has 0 radical (unpaired) electrons. The van der Waals surface area contributed by atoms with Crippen LogP contribution in [0.4, 0.5) is 5.82 Å². The maximum Gasteiger partial charge on any atom is 0.308 e. The number of carboxylic acid groups (broad SMARTS) is 1. The first-order valence-electron chi connectivity index (χ1n) is 12.1. The van der Waals surface area contributed by atoms with Crippen molar-refractivity contribution in [3.05, 3.63) is 17.5 Å². The lowest BCUT2D eigenvalue weighted by Gasteiger charge is -2.47. The number of nitrogens with zero attached hydrogens (tertiary/aromatic N) is 3. The van der Waals surface area contributed by atoms with E-state index in [0.717, 1.165) is 49.7 Å². The van der Waals surface area contributed by atoms with Crippen LogP contribution in [0, 0.1) is 17.8 Å². The number of aliphatic carboxylic acids is 1. The zero-order valence-corrected chi connectivity index (χ0v) is 19.3. The van der Waals surface area contributed by atoms with E-state index in [1.807, 2.05) is 6.07 Å². The molecule has 3 saturated carbocycles. The van der Waals surface area contributed by atoms with E-state index in [2.05, 4.69) is 33.0 Å². The highest BCUT2D eigenvalue weighted by atomic mass is 35.5. The second kappa shape index (κ2) is 10.2. The molecular formula is C24H35ClN4O2. The first kappa shape index (κ1) is 22.4. The molecule has 0 saturated heterocycles. The predicted molar refractivity (Wildman–Crippen MR) is 125 cm³/mol. The molecule has 5 rings (SSSR count). The topological polar surface area (TPSA) is 80.0 Å². The quantitative estimate of drug-likeness (QED) is 0.320. The Morgan fingerprint density at radius 3 is 2.48 bits per heavy atom. The molecule has 2 aromatic rings. The Morgan fingerprint density at radius 2 is 1.77 bits per heavy atom. The molecule has 0 aromatic carbocycles. The van der Waals surface area contributed by atoms with Crippen LogP contribution in [0.5, 0.6) is 0 Å². The van der Waals surface area contributed by atoms with Crippen LogP contribution in [0.2, 0.25) is 5.28 Å². The van der Waals surface area contributed by atoms with Gasteiger partial charge in [0.1, 0.15) is 11.5 Å². The van der Waals surface area contributed by atoms with Gasteiger partial charge in [0.15, 0.2) is 0 Å². The third-order valence-electron chi connectivity index (χ3n) is 7.40. The van der Waals surface area contributed by atoms with E-state index >= 15 is 0 Å². The zero-order valence-electron chi connectivity index (χ0n) is 18.5. The lowest BCUT2D eigenvalue weighted by atomic mass is 9.61. The van der Waals surface area contributed by atoms with Gasteiger partial charge in [0.2, 0.25) is 5.28 Å². The summed E-state index contributed by atoms with van der Waals surface area (Å²) < 4.78 is 2.15. The third kappa shape index (κ3) is 5.00. The fraction of sp³-hybridized carbons (Fsp3) is 0.708. The molecule has 2 unspecified atom stereocenters. The molecule has 6 nitrogen and oxygen atoms in total. The van der Waals surface area contributed by atoms with Crippen molar-refractivity contribution in [2.24, 2.45) is 17.8 Å². The number of carboxylic acids is 1. The highest BCUT2D eigenvalue weighted by Crippen LogP contribution is 2.46. The maximum atomic E-state index is 12.0. The van der Waals surface area contributed by atoms with Crippen LogP contribution in [0.3, 0.4) is 0 Å². The van der Waals surface area contributed by atoms with Crippen molar-refractivity contribution in [3.8, 4) is 0 Å². The fourth-order valence-corrected chi connectivity index (χ4v) is 5.90. The molecule has 0 amide bonds. The molecule has 2 N–H and O–H groups in total. The summed E-state index contributed by atoms with van der Waals surface area (Å²) in [5.74, 6) is 0.266. The molecule has 3 aliphatic rings. The van der Waals surface area contributed by atoms with Crippen molar-refractivity contribution >= 4 is 34.4 Å². The van der Waals surface area contributed by atoms with Gasteiger partial charge in [-0.25, -0.2) is 4.98 Å². The first-order valence-corrected chi connectivity index (χ1v) is 12.5. The van der Waals surface area contributed by atoms with Crippen molar-refractivity contribution in [2.75, 3.05) is 5.32 Å². The molecule has 31 heavy (non-hydrogen) atoms. The van der Waals surface area contributed by atoms with Gasteiger partial charge >= 0.3 is 5.97 Å². The molecule has 2 heterocycles. The lowest BCUT2D eigenvalue weighted by Crippen LogP contribution is -2.51. The summed E-state index contributed by atoms with van der Waals surface area (Å²) in [6.45, 7) is 3.16. The Morgan fingerprint density at radius 1 is 1.10 bits per heavy atom. The SMILES string of the molecule is CCCCCCCCCn1ccc2c(NC3C4CCC(CC4)C3C(=O)O)nc(Cl)nc21. The van der Waals surface area contributed by atoms with E-state index < -0.39 is 5.97 Å². The van der Waals surface area contributed by atoms with E-state index in [1.165, 1.54) is 38.5 Å². The van der Waals surface area contributed by atoms with Gasteiger partial charge in [-0.2, -0.15) is 4.98 Å². The fourth-order valence-electron chi connectivity index (χ4n) is 5.74. The van der Waals surface area contributed by atoms with Gasteiger partial charge in [-0.15, -0.1) is 0 Å². The van der Waals surface area contributed by atoms with Crippen LogP contribution in [0.1, 0.15) is 77.6 Å². The summed E-state index contributed by atoms with van der Waals surface area (Å²) in [6, 6.07) is 1.94. The van der Waals surface area contributed by atoms with Gasteiger partial charge in [-0.3, -0.25) is 4.79 Å². The number of fused-ring (bicyclic) bond motifs is 4. The van der Waals surface area contributed by atoms with Crippen LogP contribution >= 0.6 is 11.6 Å². The van der Waals surface area contributed by atoms with Gasteiger partial charge in [0.25, 0.3) is 0 Å². The number of aromatic nitrogens is 3. The maximum absolute atomic E-state index is 12.0. The molecule has 2 atom stereocenters. The third-order valence-corrected chi connectivity index (χ3v) is 7.57. The minimum atomic E-state index is -0.695. The van der Waals surface area contributed by atoms with Gasteiger partial charge in [0, 0.05) is 18.8 Å². The first-order chi connectivity index (χ1) is 15.1. The molecule has 0 spiro atoms. The van der Waals surface area contributed by atoms with Gasteiger partial charge in [-0.05, 0) is 61.6 Å². The Hall–Kier alpha value is -1.82. The average molecular weight is 447 g/mol. The van der Waals surface area contributed by atoms with Crippen LogP contribution < -0.4 is 5.32 Å². The minimum Gasteiger partial charge on any atom is -0.481 e. The zero-order chi connectivity index (χ0) is 21.8. The van der Waals surface area contributed by atoms with E-state index in [9.17, 15) is 9.90 Å². The normalized spacial score (nSPS) is 25.2. The number of rotatable bonds is 11. The van der Waals surface area contributed by atoms with E-state index in [-0.39, 0.29) is 23.2 Å². The molecule has 7 heteroatoms. The Balaban J connectivity index is 1.46. The van der Waals surface area contributed by atoms with Gasteiger partial charge in [0.05, 0.1) is 11.3 Å². The number of unbranched alkanes of at least 4 members (excludes halogenated alkanes) is 6. The van der Waals surface area contributed by atoms with Crippen LogP contribution in [0.15, 0.2) is 12.3 Å². The summed E-state index contributed by atoms with van der Waals surface area (Å²) in [4.78, 5) is 21.0. The van der Waals surface area contributed by atoms with Crippen molar-refractivity contribution < 1.29 is 9.90 Å². The molecule has 170 valence electrons. The predicted octanol–water partition coefficient (Wildman–Crippen LogP) is 6.14. The van der Waals surface area contributed by atoms with E-state index in [0.29, 0.717) is 11.7 Å². The van der Waals surface area contributed by atoms with E-state index in [4.69, 9.17) is 11.6 Å². The second-order valence-electron chi connectivity index (χ2n) is 9.42. The summed E-state index contributed by atoms with van der Waals surface area (Å²) in [5, 5.41) is 14.5. The van der Waals surface area contributed by atoms with Crippen LogP contribution in [-0.2, 0) is 11.3 Å². The molecule has 3 fully saturated rings. The van der Waals surface area contributed by atoms with Crippen molar-refractivity contribution in [1.82, 2.24) is 14.5 Å². The van der Waals surface area contributed by atoms with Crippen molar-refractivity contribution in [3.63, 3.8) is 0 Å². The Labute approximate surface area is 189 Å². The number of carbonyl (C=O) groups is 1. The Bertz CT molecular complexity index is 891. The molecule has 2 aromatic heterocycles. The molecule has 3 aliphatic carbocycles. The molecule has 2 bridgehead atoms. The summed E-state index contributed by atoms with van der Waals surface area (Å²) in [7, 11) is 0. The summed E-state index contributed by atoms with van der Waals surface area (Å²) in [5.41, 5.74) is 0.835. The summed E-state index contributed by atoms with van der Waals surface area (Å²) in [6.07, 6.45) is 15.2. The molecular weight excluding hydrogens is 412 g/mol. The van der Waals surface area contributed by atoms with Crippen LogP contribution in [-0.4, -0.2) is 31.7 Å². The van der Waals surface area contributed by atoms with Gasteiger partial charge < -0.3 is 15.0 Å². The highest BCUT2D eigenvalue weighted by Gasteiger charge is 2.47. The average Bonchev–Trinajstić information content (AvgIpc) is 3.16. The second-order valence-corrected chi connectivity index (χ2v) is 9.76. The minimum absolute atomic E-state index is 0.0920. The van der Waals surface area contributed by atoms with Crippen LogP contribution in [0.25, 0.3) is 11.0 Å². The largest absolute Gasteiger partial charge is 0.481 e. The number of hydrogen-bond donors (Lipinski definition) is 2. The highest BCUT2D eigenvalue weighted by molar-refractivity contribution is 6.28. The monoisotopic (exact) mass is 446 g/mol. The summed E-state index contributed by atoms with van der Waals surface area (Å²) >= 11 is 6.29. The number of aryl methyl sites for hydroxylation is 1. The van der Waals surface area contributed by atoms with Crippen molar-refractivity contribution in [1.29, 1.82) is 0 Å². The number of nitrogens with one attached hydrogen (secondary N) is 1. The van der Waals surface area contributed by atoms with E-state index in [1.54, 1.807) is 0 Å². The molecule has 0 aliphatic heterocycles. The number of hydrogen-bond acceptors (Lipinski definition) is 4. The number of halogens is 1. The smallest absolute Gasteiger partial charge is 0.308 e.